The standard InChI is InChI=1S/C15H18FNO3/c1-11(2)17(7-9-19)15(20)14-6-5-13(16)10-12(14)4-3-8-18/h5-6,10-11,18-19H,7-9H2,1-2H3. The number of benzene rings is 1. The molecule has 0 aromatic heterocycles. The smallest absolute Gasteiger partial charge is 0.255 e. The van der Waals surface area contributed by atoms with Gasteiger partial charge in [0, 0.05) is 18.2 Å². The molecule has 0 bridgehead atoms. The fourth-order valence-corrected chi connectivity index (χ4v) is 1.80. The summed E-state index contributed by atoms with van der Waals surface area (Å²) in [6.45, 7) is 3.34. The van der Waals surface area contributed by atoms with Crippen LogP contribution in [0.1, 0.15) is 29.8 Å². The van der Waals surface area contributed by atoms with Crippen molar-refractivity contribution in [1.82, 2.24) is 4.90 Å². The zero-order valence-electron chi connectivity index (χ0n) is 11.6. The summed E-state index contributed by atoms with van der Waals surface area (Å²) >= 11 is 0. The Kier molecular flexibility index (Phi) is 6.16. The molecule has 1 amide bonds. The molecule has 108 valence electrons. The molecule has 0 aliphatic heterocycles. The van der Waals surface area contributed by atoms with Crippen LogP contribution in [0.2, 0.25) is 0 Å². The lowest BCUT2D eigenvalue weighted by atomic mass is 10.1. The number of halogens is 1. The van der Waals surface area contributed by atoms with Crippen molar-refractivity contribution in [1.29, 1.82) is 0 Å². The summed E-state index contributed by atoms with van der Waals surface area (Å²) in [4.78, 5) is 13.9. The average molecular weight is 279 g/mol. The third-order valence-electron chi connectivity index (χ3n) is 2.74. The summed E-state index contributed by atoms with van der Waals surface area (Å²) < 4.78 is 13.3. The van der Waals surface area contributed by atoms with Crippen molar-refractivity contribution in [3.8, 4) is 11.8 Å². The van der Waals surface area contributed by atoms with Crippen LogP contribution < -0.4 is 0 Å². The van der Waals surface area contributed by atoms with Gasteiger partial charge in [-0.25, -0.2) is 4.39 Å². The lowest BCUT2D eigenvalue weighted by Gasteiger charge is -2.26. The molecule has 0 saturated carbocycles. The fraction of sp³-hybridized carbons (Fsp3) is 0.400. The Morgan fingerprint density at radius 1 is 1.40 bits per heavy atom. The van der Waals surface area contributed by atoms with Crippen molar-refractivity contribution in [2.24, 2.45) is 0 Å². The highest BCUT2D eigenvalue weighted by Gasteiger charge is 2.20. The molecule has 0 unspecified atom stereocenters. The van der Waals surface area contributed by atoms with Crippen molar-refractivity contribution in [2.75, 3.05) is 19.8 Å². The minimum Gasteiger partial charge on any atom is -0.395 e. The van der Waals surface area contributed by atoms with Crippen LogP contribution in [0.3, 0.4) is 0 Å². The zero-order chi connectivity index (χ0) is 15.1. The van der Waals surface area contributed by atoms with E-state index in [9.17, 15) is 9.18 Å². The fourth-order valence-electron chi connectivity index (χ4n) is 1.80. The Hall–Kier alpha value is -1.90. The second-order valence-corrected chi connectivity index (χ2v) is 4.47. The maximum Gasteiger partial charge on any atom is 0.255 e. The molecule has 0 saturated heterocycles. The van der Waals surface area contributed by atoms with Gasteiger partial charge >= 0.3 is 0 Å². The average Bonchev–Trinajstić information content (AvgIpc) is 2.41. The van der Waals surface area contributed by atoms with Crippen LogP contribution in [-0.4, -0.2) is 46.8 Å². The molecule has 20 heavy (non-hydrogen) atoms. The van der Waals surface area contributed by atoms with Gasteiger partial charge in [0.25, 0.3) is 5.91 Å². The molecular formula is C15H18FNO3. The van der Waals surface area contributed by atoms with Gasteiger partial charge in [-0.3, -0.25) is 4.79 Å². The minimum atomic E-state index is -0.498. The van der Waals surface area contributed by atoms with Gasteiger partial charge in [0.1, 0.15) is 12.4 Å². The van der Waals surface area contributed by atoms with Gasteiger partial charge in [-0.1, -0.05) is 11.8 Å². The SMILES string of the molecule is CC(C)N(CCO)C(=O)c1ccc(F)cc1C#CCO. The van der Waals surface area contributed by atoms with Crippen LogP contribution in [0.4, 0.5) is 4.39 Å². The number of amides is 1. The predicted octanol–water partition coefficient (Wildman–Crippen LogP) is 1.01. The number of rotatable bonds is 4. The van der Waals surface area contributed by atoms with Gasteiger partial charge < -0.3 is 15.1 Å². The Labute approximate surface area is 117 Å². The molecule has 0 radical (unpaired) electrons. The molecule has 1 rings (SSSR count). The van der Waals surface area contributed by atoms with Crippen molar-refractivity contribution in [3.05, 3.63) is 35.1 Å². The molecule has 0 spiro atoms. The van der Waals surface area contributed by atoms with Gasteiger partial charge in [0.2, 0.25) is 0 Å². The summed E-state index contributed by atoms with van der Waals surface area (Å²) in [6.07, 6.45) is 0. The topological polar surface area (TPSA) is 60.8 Å². The van der Waals surface area contributed by atoms with Crippen molar-refractivity contribution >= 4 is 5.91 Å². The van der Waals surface area contributed by atoms with Crippen LogP contribution in [0.25, 0.3) is 0 Å². The molecule has 0 aliphatic carbocycles. The molecule has 4 nitrogen and oxygen atoms in total. The molecule has 0 atom stereocenters. The summed E-state index contributed by atoms with van der Waals surface area (Å²) in [5.74, 6) is 4.16. The molecule has 0 aliphatic rings. The van der Waals surface area contributed by atoms with Crippen molar-refractivity contribution in [3.63, 3.8) is 0 Å². The van der Waals surface area contributed by atoms with Gasteiger partial charge in [-0.15, -0.1) is 0 Å². The summed E-state index contributed by atoms with van der Waals surface area (Å²) in [5, 5.41) is 17.7. The Morgan fingerprint density at radius 3 is 2.65 bits per heavy atom. The third kappa shape index (κ3) is 4.05. The van der Waals surface area contributed by atoms with E-state index in [4.69, 9.17) is 10.2 Å². The molecule has 5 heteroatoms. The van der Waals surface area contributed by atoms with Crippen LogP contribution in [0.5, 0.6) is 0 Å². The van der Waals surface area contributed by atoms with Crippen LogP contribution in [0, 0.1) is 17.7 Å². The van der Waals surface area contributed by atoms with Gasteiger partial charge in [-0.05, 0) is 32.0 Å². The quantitative estimate of drug-likeness (QED) is 0.809. The number of aliphatic hydroxyl groups is 2. The highest BCUT2D eigenvalue weighted by Crippen LogP contribution is 2.15. The number of aliphatic hydroxyl groups excluding tert-OH is 2. The minimum absolute atomic E-state index is 0.0987. The maximum atomic E-state index is 13.3. The lowest BCUT2D eigenvalue weighted by molar-refractivity contribution is 0.0665. The normalized spacial score (nSPS) is 10.1. The summed E-state index contributed by atoms with van der Waals surface area (Å²) in [6, 6.07) is 3.62. The van der Waals surface area contributed by atoms with E-state index >= 15 is 0 Å². The molecule has 0 fully saturated rings. The van der Waals surface area contributed by atoms with Gasteiger partial charge in [0.05, 0.1) is 12.2 Å². The van der Waals surface area contributed by atoms with Crippen molar-refractivity contribution in [2.45, 2.75) is 19.9 Å². The monoisotopic (exact) mass is 279 g/mol. The number of hydrogen-bond donors (Lipinski definition) is 2. The first kappa shape index (κ1) is 16.2. The molecule has 1 aromatic rings. The van der Waals surface area contributed by atoms with E-state index in [-0.39, 0.29) is 42.8 Å². The number of carbonyl (C=O) groups is 1. The van der Waals surface area contributed by atoms with E-state index in [1.54, 1.807) is 0 Å². The van der Waals surface area contributed by atoms with Crippen LogP contribution in [-0.2, 0) is 0 Å². The molecule has 0 heterocycles. The van der Waals surface area contributed by atoms with E-state index in [2.05, 4.69) is 11.8 Å². The van der Waals surface area contributed by atoms with E-state index in [0.717, 1.165) is 6.07 Å². The lowest BCUT2D eigenvalue weighted by Crippen LogP contribution is -2.39. The maximum absolute atomic E-state index is 13.3. The second kappa shape index (κ2) is 7.63. The molecule has 1 aromatic carbocycles. The summed E-state index contributed by atoms with van der Waals surface area (Å²) in [5.41, 5.74) is 0.488. The first-order chi connectivity index (χ1) is 9.51. The predicted molar refractivity (Wildman–Crippen MR) is 73.6 cm³/mol. The first-order valence-electron chi connectivity index (χ1n) is 6.32. The van der Waals surface area contributed by atoms with Gasteiger partial charge in [0.15, 0.2) is 0 Å². The Bertz CT molecular complexity index is 532. The van der Waals surface area contributed by atoms with Gasteiger partial charge in [-0.2, -0.15) is 0 Å². The van der Waals surface area contributed by atoms with Crippen LogP contribution in [0.15, 0.2) is 18.2 Å². The van der Waals surface area contributed by atoms with E-state index in [1.165, 1.54) is 17.0 Å². The largest absolute Gasteiger partial charge is 0.395 e. The zero-order valence-corrected chi connectivity index (χ0v) is 11.6. The van der Waals surface area contributed by atoms with Crippen molar-refractivity contribution < 1.29 is 19.4 Å². The van der Waals surface area contributed by atoms with E-state index in [1.807, 2.05) is 13.8 Å². The molecule has 2 N–H and O–H groups in total. The Morgan fingerprint density at radius 2 is 2.10 bits per heavy atom. The second-order valence-electron chi connectivity index (χ2n) is 4.47. The number of nitrogens with zero attached hydrogens (tertiary/aromatic N) is 1. The Balaban J connectivity index is 3.20. The number of carbonyl (C=O) groups excluding carboxylic acids is 1. The van der Waals surface area contributed by atoms with E-state index < -0.39 is 5.82 Å². The highest BCUT2D eigenvalue weighted by molar-refractivity contribution is 5.97. The molecular weight excluding hydrogens is 261 g/mol. The summed E-state index contributed by atoms with van der Waals surface area (Å²) in [7, 11) is 0. The first-order valence-corrected chi connectivity index (χ1v) is 6.32. The van der Waals surface area contributed by atoms with Crippen LogP contribution >= 0.6 is 0 Å². The third-order valence-corrected chi connectivity index (χ3v) is 2.74. The van der Waals surface area contributed by atoms with E-state index in [0.29, 0.717) is 0 Å². The number of hydrogen-bond acceptors (Lipinski definition) is 3. The highest BCUT2D eigenvalue weighted by atomic mass is 19.1.